The highest BCUT2D eigenvalue weighted by atomic mass is 16.3. The predicted molar refractivity (Wildman–Crippen MR) is 143 cm³/mol. The van der Waals surface area contributed by atoms with Crippen LogP contribution in [0.1, 0.15) is 98.8 Å². The molecule has 5 aliphatic rings. The van der Waals surface area contributed by atoms with Crippen molar-refractivity contribution in [2.24, 2.45) is 40.4 Å². The molecule has 4 fully saturated rings. The second-order valence-electron chi connectivity index (χ2n) is 13.8. The third kappa shape index (κ3) is 4.35. The lowest BCUT2D eigenvalue weighted by molar-refractivity contribution is -0.141. The number of rotatable bonds is 4. The van der Waals surface area contributed by atoms with E-state index in [-0.39, 0.29) is 24.0 Å². The Kier molecular flexibility index (Phi) is 7.11. The fraction of sp³-hybridized carbons (Fsp3) is 0.871. The van der Waals surface area contributed by atoms with Crippen LogP contribution in [-0.2, 0) is 9.59 Å². The lowest BCUT2D eigenvalue weighted by Crippen LogP contribution is -2.55. The summed E-state index contributed by atoms with van der Waals surface area (Å²) in [5.41, 5.74) is 2.27. The molecule has 5 heteroatoms. The van der Waals surface area contributed by atoms with E-state index in [0.29, 0.717) is 42.8 Å². The van der Waals surface area contributed by atoms with E-state index in [9.17, 15) is 14.7 Å². The van der Waals surface area contributed by atoms with E-state index in [0.717, 1.165) is 49.4 Å². The van der Waals surface area contributed by atoms with Crippen molar-refractivity contribution in [2.45, 2.75) is 111 Å². The molecule has 1 aliphatic heterocycles. The molecule has 2 unspecified atom stereocenters. The summed E-state index contributed by atoms with van der Waals surface area (Å²) in [5, 5.41) is 10.3. The van der Waals surface area contributed by atoms with Crippen molar-refractivity contribution in [3.8, 4) is 0 Å². The van der Waals surface area contributed by atoms with Crippen LogP contribution >= 0.6 is 0 Å². The van der Waals surface area contributed by atoms with Crippen LogP contribution in [0.5, 0.6) is 0 Å². The monoisotopic (exact) mass is 498 g/mol. The second-order valence-corrected chi connectivity index (χ2v) is 13.8. The highest BCUT2D eigenvalue weighted by Crippen LogP contribution is 2.67. The molecular weight excluding hydrogens is 448 g/mol. The molecule has 202 valence electrons. The molecule has 0 aromatic rings. The van der Waals surface area contributed by atoms with Crippen molar-refractivity contribution in [3.63, 3.8) is 0 Å². The summed E-state index contributed by atoms with van der Waals surface area (Å²) >= 11 is 0. The predicted octanol–water partition coefficient (Wildman–Crippen LogP) is 5.42. The summed E-state index contributed by atoms with van der Waals surface area (Å²) in [6.07, 6.45) is 13.6. The molecule has 3 saturated carbocycles. The van der Waals surface area contributed by atoms with Crippen molar-refractivity contribution < 1.29 is 14.7 Å². The van der Waals surface area contributed by atoms with Crippen molar-refractivity contribution in [1.82, 2.24) is 9.80 Å². The van der Waals surface area contributed by atoms with Crippen LogP contribution in [0.25, 0.3) is 0 Å². The van der Waals surface area contributed by atoms with Gasteiger partial charge in [0.05, 0.1) is 6.10 Å². The van der Waals surface area contributed by atoms with E-state index in [1.807, 2.05) is 9.80 Å². The van der Waals surface area contributed by atoms with Gasteiger partial charge in [-0.05, 0) is 105 Å². The molecule has 9 atom stereocenters. The largest absolute Gasteiger partial charge is 0.393 e. The number of allylic oxidation sites excluding steroid dienone is 1. The standard InChI is InChI=1S/C31H50N2O3/c1-20(6-11-29(36)32-16-17-33(22(3)34)21(2)19-32)26-9-10-27-25-8-7-23-18-24(35)12-14-30(23,4)28(25)13-15-31(26,27)5/h7,20-21,24-28,35H,6,8-19H2,1-5H3/t20?,21?,24-,25-,26+,27-,28-,30-,31+/m0/s1. The number of fused-ring (bicyclic) bond motifs is 5. The number of aliphatic hydroxyl groups is 1. The van der Waals surface area contributed by atoms with Gasteiger partial charge in [-0.1, -0.05) is 32.4 Å². The first kappa shape index (κ1) is 26.3. The summed E-state index contributed by atoms with van der Waals surface area (Å²) in [7, 11) is 0. The van der Waals surface area contributed by atoms with Crippen LogP contribution in [0.15, 0.2) is 11.6 Å². The quantitative estimate of drug-likeness (QED) is 0.527. The van der Waals surface area contributed by atoms with Gasteiger partial charge in [-0.25, -0.2) is 0 Å². The van der Waals surface area contributed by atoms with Gasteiger partial charge in [0.25, 0.3) is 0 Å². The van der Waals surface area contributed by atoms with Crippen molar-refractivity contribution in [2.75, 3.05) is 19.6 Å². The Balaban J connectivity index is 1.20. The molecule has 4 aliphatic carbocycles. The summed E-state index contributed by atoms with van der Waals surface area (Å²) in [4.78, 5) is 28.8. The van der Waals surface area contributed by atoms with Gasteiger partial charge in [0.2, 0.25) is 11.8 Å². The number of hydrogen-bond donors (Lipinski definition) is 1. The maximum atomic E-state index is 13.1. The zero-order valence-electron chi connectivity index (χ0n) is 23.5. The fourth-order valence-electron chi connectivity index (χ4n) is 9.98. The molecule has 5 rings (SSSR count). The van der Waals surface area contributed by atoms with Crippen molar-refractivity contribution >= 4 is 11.8 Å². The Morgan fingerprint density at radius 2 is 1.89 bits per heavy atom. The first-order valence-corrected chi connectivity index (χ1v) is 15.0. The average molecular weight is 499 g/mol. The lowest BCUT2D eigenvalue weighted by atomic mass is 9.47. The SMILES string of the molecule is CC(=O)N1CCN(C(=O)CCC(C)[C@H]2CC[C@H]3[C@@H]4CC=C5C[C@@H](O)CC[C@]5(C)[C@H]4CC[C@]23C)CC1C. The smallest absolute Gasteiger partial charge is 0.222 e. The maximum absolute atomic E-state index is 13.1. The molecule has 1 heterocycles. The van der Waals surface area contributed by atoms with E-state index in [2.05, 4.69) is 33.8 Å². The van der Waals surface area contributed by atoms with Gasteiger partial charge in [0.15, 0.2) is 0 Å². The Hall–Kier alpha value is -1.36. The van der Waals surface area contributed by atoms with E-state index in [4.69, 9.17) is 0 Å². The van der Waals surface area contributed by atoms with Gasteiger partial charge < -0.3 is 14.9 Å². The zero-order valence-corrected chi connectivity index (χ0v) is 23.5. The molecule has 2 amide bonds. The van der Waals surface area contributed by atoms with E-state index >= 15 is 0 Å². The van der Waals surface area contributed by atoms with Gasteiger partial charge >= 0.3 is 0 Å². The first-order valence-electron chi connectivity index (χ1n) is 15.0. The minimum Gasteiger partial charge on any atom is -0.393 e. The number of amides is 2. The van der Waals surface area contributed by atoms with E-state index < -0.39 is 0 Å². The number of piperazine rings is 1. The highest BCUT2D eigenvalue weighted by Gasteiger charge is 2.59. The topological polar surface area (TPSA) is 60.9 Å². The summed E-state index contributed by atoms with van der Waals surface area (Å²) in [6.45, 7) is 13.2. The average Bonchev–Trinajstić information content (AvgIpc) is 3.19. The molecule has 36 heavy (non-hydrogen) atoms. The minimum atomic E-state index is -0.129. The van der Waals surface area contributed by atoms with Crippen LogP contribution in [0, 0.1) is 40.4 Å². The Bertz CT molecular complexity index is 900. The minimum absolute atomic E-state index is 0.113. The molecule has 1 saturated heterocycles. The van der Waals surface area contributed by atoms with Gasteiger partial charge in [0.1, 0.15) is 0 Å². The van der Waals surface area contributed by atoms with Gasteiger partial charge in [-0.15, -0.1) is 0 Å². The fourth-order valence-corrected chi connectivity index (χ4v) is 9.98. The molecule has 0 radical (unpaired) electrons. The summed E-state index contributed by atoms with van der Waals surface area (Å²) < 4.78 is 0. The van der Waals surface area contributed by atoms with Gasteiger partial charge in [0, 0.05) is 39.0 Å². The normalized spacial score (nSPS) is 43.2. The van der Waals surface area contributed by atoms with Gasteiger partial charge in [-0.2, -0.15) is 0 Å². The van der Waals surface area contributed by atoms with Crippen molar-refractivity contribution in [3.05, 3.63) is 11.6 Å². The molecule has 1 N–H and O–H groups in total. The van der Waals surface area contributed by atoms with Crippen LogP contribution in [0.3, 0.4) is 0 Å². The summed E-state index contributed by atoms with van der Waals surface area (Å²) in [6, 6.07) is 0.113. The molecule has 0 spiro atoms. The lowest BCUT2D eigenvalue weighted by Gasteiger charge is -2.58. The Morgan fingerprint density at radius 1 is 1.11 bits per heavy atom. The number of hydrogen-bond acceptors (Lipinski definition) is 3. The molecule has 0 aromatic heterocycles. The highest BCUT2D eigenvalue weighted by molar-refractivity contribution is 5.77. The Morgan fingerprint density at radius 3 is 2.61 bits per heavy atom. The molecule has 0 bridgehead atoms. The first-order chi connectivity index (χ1) is 17.0. The van der Waals surface area contributed by atoms with Crippen molar-refractivity contribution in [1.29, 1.82) is 0 Å². The molecular formula is C31H50N2O3. The number of aliphatic hydroxyl groups excluding tert-OH is 1. The second kappa shape index (κ2) is 9.75. The van der Waals surface area contributed by atoms with Crippen LogP contribution in [0.4, 0.5) is 0 Å². The number of carbonyl (C=O) groups excluding carboxylic acids is 2. The van der Waals surface area contributed by atoms with Crippen LogP contribution in [-0.4, -0.2) is 58.5 Å². The molecule has 0 aromatic carbocycles. The van der Waals surface area contributed by atoms with E-state index in [1.165, 1.54) is 32.1 Å². The third-order valence-corrected chi connectivity index (χ3v) is 12.0. The maximum Gasteiger partial charge on any atom is 0.222 e. The number of nitrogens with zero attached hydrogens (tertiary/aromatic N) is 2. The van der Waals surface area contributed by atoms with Crippen LogP contribution < -0.4 is 0 Å². The van der Waals surface area contributed by atoms with E-state index in [1.54, 1.807) is 12.5 Å². The zero-order chi connectivity index (χ0) is 25.8. The molecule has 5 nitrogen and oxygen atoms in total. The summed E-state index contributed by atoms with van der Waals surface area (Å²) in [5.74, 6) is 4.07. The van der Waals surface area contributed by atoms with Gasteiger partial charge in [-0.3, -0.25) is 9.59 Å². The van der Waals surface area contributed by atoms with Crippen LogP contribution in [0.2, 0.25) is 0 Å². The third-order valence-electron chi connectivity index (χ3n) is 12.0. The Labute approximate surface area is 219 Å². The number of carbonyl (C=O) groups is 2.